The van der Waals surface area contributed by atoms with Gasteiger partial charge in [0.2, 0.25) is 11.8 Å². The minimum Gasteiger partial charge on any atom is -0.453 e. The van der Waals surface area contributed by atoms with Crippen LogP contribution in [0.15, 0.2) is 72.8 Å². The maximum atomic E-state index is 14.3. The van der Waals surface area contributed by atoms with Crippen LogP contribution in [0.5, 0.6) is 0 Å². The Labute approximate surface area is 448 Å². The lowest BCUT2D eigenvalue weighted by Gasteiger charge is -2.30. The van der Waals surface area contributed by atoms with E-state index in [0.717, 1.165) is 114 Å². The zero-order valence-corrected chi connectivity index (χ0v) is 45.4. The molecular formula is C59H70N8O6S2. The highest BCUT2D eigenvalue weighted by Gasteiger charge is 2.51. The van der Waals surface area contributed by atoms with Gasteiger partial charge in [0.25, 0.3) is 0 Å². The summed E-state index contributed by atoms with van der Waals surface area (Å²) in [6, 6.07) is 25.5. The van der Waals surface area contributed by atoms with E-state index in [-0.39, 0.29) is 29.8 Å². The van der Waals surface area contributed by atoms with E-state index in [4.69, 9.17) is 19.4 Å². The average Bonchev–Trinajstić information content (AvgIpc) is 4.31. The van der Waals surface area contributed by atoms with Crippen LogP contribution in [-0.4, -0.2) is 117 Å². The first-order valence-corrected chi connectivity index (χ1v) is 29.8. The van der Waals surface area contributed by atoms with Crippen LogP contribution in [0.4, 0.5) is 9.59 Å². The number of fused-ring (bicyclic) bond motifs is 4. The number of nitrogens with one attached hydrogen (secondary N) is 4. The van der Waals surface area contributed by atoms with Crippen LogP contribution in [-0.2, 0) is 38.3 Å². The summed E-state index contributed by atoms with van der Waals surface area (Å²) in [7, 11) is 2.67. The number of carbonyl (C=O) groups excluding carboxylic acids is 4. The van der Waals surface area contributed by atoms with Gasteiger partial charge in [-0.3, -0.25) is 9.59 Å². The highest BCUT2D eigenvalue weighted by atomic mass is 32.2. The molecule has 14 rings (SSSR count). The number of aryl methyl sites for hydroxylation is 2. The smallest absolute Gasteiger partial charge is 0.407 e. The van der Waals surface area contributed by atoms with Crippen molar-refractivity contribution in [2.45, 2.75) is 108 Å². The van der Waals surface area contributed by atoms with Gasteiger partial charge >= 0.3 is 12.2 Å². The second-order valence-electron chi connectivity index (χ2n) is 21.7. The summed E-state index contributed by atoms with van der Waals surface area (Å²) >= 11 is 3.31. The van der Waals surface area contributed by atoms with Gasteiger partial charge in [0.1, 0.15) is 23.7 Å². The van der Waals surface area contributed by atoms with Gasteiger partial charge in [-0.1, -0.05) is 68.3 Å². The fourth-order valence-corrected chi connectivity index (χ4v) is 14.5. The molecule has 6 aromatic rings. The summed E-state index contributed by atoms with van der Waals surface area (Å²) in [5.74, 6) is 4.64. The van der Waals surface area contributed by atoms with Crippen LogP contribution >= 0.6 is 23.5 Å². The third-order valence-electron chi connectivity index (χ3n) is 17.4. The number of hydrogen-bond acceptors (Lipinski definition) is 10. The maximum absolute atomic E-state index is 14.3. The molecule has 2 saturated carbocycles. The highest BCUT2D eigenvalue weighted by molar-refractivity contribution is 7.98. The molecule has 2 saturated heterocycles. The fourth-order valence-electron chi connectivity index (χ4n) is 13.6. The molecule has 4 N–H and O–H groups in total. The molecule has 75 heavy (non-hydrogen) atoms. The molecular weight excluding hydrogens is 981 g/mol. The largest absolute Gasteiger partial charge is 0.453 e. The van der Waals surface area contributed by atoms with Gasteiger partial charge in [-0.15, -0.1) is 0 Å². The zero-order valence-electron chi connectivity index (χ0n) is 43.8. The third kappa shape index (κ3) is 10.1. The molecule has 4 heterocycles. The van der Waals surface area contributed by atoms with E-state index in [1.807, 2.05) is 22.3 Å². The van der Waals surface area contributed by atoms with Crippen molar-refractivity contribution in [1.82, 2.24) is 40.4 Å². The SMILES string of the molecule is COC(=O)N[C@@H](CCSC)C(=O)N1CC2CCCC2[C@H]1c1nc2ccc(-c3cc4ccc3CCc3ccc(c(-c5ccc6nc([C@@H]7C8CCCC8CN7C(=O)[C@H](CCSC)NC(=O)OC)[nH]c6c5)c3)C[C@H]4C)cc2[nH]1. The van der Waals surface area contributed by atoms with Gasteiger partial charge in [-0.25, -0.2) is 19.6 Å². The minimum atomic E-state index is -0.664. The van der Waals surface area contributed by atoms with Crippen molar-refractivity contribution in [2.24, 2.45) is 23.7 Å². The number of carbonyl (C=O) groups is 4. The molecule has 4 amide bonds. The molecule has 394 valence electrons. The quantitative estimate of drug-likeness (QED) is 0.0822. The average molecular weight is 1050 g/mol. The minimum absolute atomic E-state index is 0.0687. The van der Waals surface area contributed by atoms with Crippen molar-refractivity contribution in [3.8, 4) is 22.3 Å². The van der Waals surface area contributed by atoms with Crippen LogP contribution in [0.2, 0.25) is 0 Å². The predicted octanol–water partition coefficient (Wildman–Crippen LogP) is 10.8. The predicted molar refractivity (Wildman–Crippen MR) is 298 cm³/mol. The summed E-state index contributed by atoms with van der Waals surface area (Å²) in [5, 5.41) is 5.67. The number of alkyl carbamates (subject to hydrolysis) is 2. The number of aromatic nitrogens is 4. The lowest BCUT2D eigenvalue weighted by Crippen LogP contribution is -2.49. The second-order valence-corrected chi connectivity index (χ2v) is 23.7. The van der Waals surface area contributed by atoms with Crippen molar-refractivity contribution in [3.05, 3.63) is 107 Å². The number of amides is 4. The summed E-state index contributed by atoms with van der Waals surface area (Å²) in [6.45, 7) is 3.65. The number of rotatable bonds is 14. The summed E-state index contributed by atoms with van der Waals surface area (Å²) in [4.78, 5) is 75.3. The molecule has 6 aliphatic carbocycles. The summed E-state index contributed by atoms with van der Waals surface area (Å²) in [6.07, 6.45) is 13.0. The molecule has 4 unspecified atom stereocenters. The summed E-state index contributed by atoms with van der Waals surface area (Å²) < 4.78 is 9.86. The van der Waals surface area contributed by atoms with E-state index in [2.05, 4.69) is 100 Å². The normalized spacial score (nSPS) is 23.7. The van der Waals surface area contributed by atoms with Crippen LogP contribution in [0, 0.1) is 23.7 Å². The molecule has 0 radical (unpaired) electrons. The fraction of sp³-hybridized carbons (Fsp3) is 0.492. The molecule has 14 nitrogen and oxygen atoms in total. The molecule has 0 spiro atoms. The Morgan fingerprint density at radius 1 is 0.653 bits per heavy atom. The van der Waals surface area contributed by atoms with E-state index in [9.17, 15) is 19.2 Å². The van der Waals surface area contributed by atoms with E-state index < -0.39 is 24.3 Å². The number of methoxy groups -OCH3 is 2. The van der Waals surface area contributed by atoms with Gasteiger partial charge in [0.15, 0.2) is 0 Å². The number of ether oxygens (including phenoxy) is 2. The van der Waals surface area contributed by atoms with Gasteiger partial charge in [0, 0.05) is 13.1 Å². The molecule has 8 aliphatic rings. The van der Waals surface area contributed by atoms with Gasteiger partial charge in [-0.05, 0) is 180 Å². The van der Waals surface area contributed by atoms with Crippen LogP contribution in [0.25, 0.3) is 44.3 Å². The summed E-state index contributed by atoms with van der Waals surface area (Å²) in [5.41, 5.74) is 13.5. The number of imidazole rings is 2. The van der Waals surface area contributed by atoms with E-state index in [1.54, 1.807) is 23.5 Å². The van der Waals surface area contributed by atoms with Crippen molar-refractivity contribution in [1.29, 1.82) is 0 Å². The molecule has 2 aliphatic heterocycles. The Morgan fingerprint density at radius 3 is 1.69 bits per heavy atom. The molecule has 9 atom stereocenters. The monoisotopic (exact) mass is 1050 g/mol. The van der Waals surface area contributed by atoms with E-state index in [1.165, 1.54) is 47.6 Å². The standard InChI is InChI=1S/C59H70N8O6S2/c1-33-26-37-15-13-34(27-44(37)38-18-20-46-50(29-38)62-54(60-46)52-42-10-6-8-40(42)31-66(52)56(68)48(22-24-74-4)64-58(70)72-2)12-14-35-16-17-36(33)28-45(35)39-19-21-47-51(30-39)63-55(61-47)53-43-11-7-9-41(43)32-67(53)57(69)49(23-25-75-5)65-59(71)73-3/h13,15-21,27-30,33,40-43,48-49,52-53H,6-12,14,22-26,31-32H2,1-5H3,(H,60,62)(H,61,63)(H,64,70)(H,65,71)/t33-,40?,41?,42?,43?,48+,49+,52+,53+/m1/s1. The van der Waals surface area contributed by atoms with Crippen molar-refractivity contribution >= 4 is 69.6 Å². The molecule has 4 aromatic carbocycles. The molecule has 16 heteroatoms. The lowest BCUT2D eigenvalue weighted by atomic mass is 9.84. The number of hydrogen-bond donors (Lipinski definition) is 4. The van der Waals surface area contributed by atoms with E-state index >= 15 is 0 Å². The van der Waals surface area contributed by atoms with Crippen LogP contribution in [0.1, 0.15) is 110 Å². The second kappa shape index (κ2) is 21.9. The Morgan fingerprint density at radius 2 is 1.17 bits per heavy atom. The molecule has 2 aromatic heterocycles. The van der Waals surface area contributed by atoms with Crippen molar-refractivity contribution < 1.29 is 28.7 Å². The van der Waals surface area contributed by atoms with Gasteiger partial charge in [-0.2, -0.15) is 23.5 Å². The first kappa shape index (κ1) is 51.1. The third-order valence-corrected chi connectivity index (χ3v) is 18.7. The van der Waals surface area contributed by atoms with Gasteiger partial charge < -0.3 is 39.9 Å². The number of likely N-dealkylation sites (tertiary alicyclic amines) is 2. The lowest BCUT2D eigenvalue weighted by molar-refractivity contribution is -0.135. The number of H-pyrrole nitrogens is 2. The Kier molecular flexibility index (Phi) is 14.9. The van der Waals surface area contributed by atoms with Crippen molar-refractivity contribution in [3.63, 3.8) is 0 Å². The van der Waals surface area contributed by atoms with Crippen LogP contribution < -0.4 is 10.6 Å². The number of aromatic amines is 2. The molecule has 4 fully saturated rings. The number of benzene rings is 4. The number of thioether (sulfide) groups is 2. The van der Waals surface area contributed by atoms with Gasteiger partial charge in [0.05, 0.1) is 48.4 Å². The Hall–Kier alpha value is -6.00. The Bertz CT molecular complexity index is 3120. The topological polar surface area (TPSA) is 175 Å². The highest BCUT2D eigenvalue weighted by Crippen LogP contribution is 2.51. The zero-order chi connectivity index (χ0) is 51.9. The van der Waals surface area contributed by atoms with Crippen molar-refractivity contribution in [2.75, 3.05) is 51.3 Å². The Balaban J connectivity index is 0.856. The molecule has 4 bridgehead atoms. The first-order chi connectivity index (χ1) is 36.5. The number of nitrogens with zero attached hydrogens (tertiary/aromatic N) is 4. The maximum Gasteiger partial charge on any atom is 0.407 e. The van der Waals surface area contributed by atoms with Crippen LogP contribution in [0.3, 0.4) is 0 Å². The van der Waals surface area contributed by atoms with E-state index in [0.29, 0.717) is 49.6 Å². The first-order valence-electron chi connectivity index (χ1n) is 27.0.